The molecule has 0 atom stereocenters. The third kappa shape index (κ3) is 5.55. The van der Waals surface area contributed by atoms with Gasteiger partial charge >= 0.3 is 0 Å². The van der Waals surface area contributed by atoms with Gasteiger partial charge in [-0.2, -0.15) is 0 Å². The molecule has 0 radical (unpaired) electrons. The monoisotopic (exact) mass is 216 g/mol. The second kappa shape index (κ2) is 10.2. The third-order valence-corrected chi connectivity index (χ3v) is 2.16. The fourth-order valence-corrected chi connectivity index (χ4v) is 1.13. The summed E-state index contributed by atoms with van der Waals surface area (Å²) >= 11 is 0. The molecule has 2 rings (SSSR count). The van der Waals surface area contributed by atoms with Gasteiger partial charge in [0, 0.05) is 0 Å². The predicted molar refractivity (Wildman–Crippen MR) is 75.9 cm³/mol. The van der Waals surface area contributed by atoms with E-state index in [0.29, 0.717) is 0 Å². The van der Waals surface area contributed by atoms with E-state index in [9.17, 15) is 0 Å². The molecule has 0 nitrogen and oxygen atoms in total. The Hall–Kier alpha value is -1.30. The summed E-state index contributed by atoms with van der Waals surface area (Å²) in [6, 6.07) is 16.7. The van der Waals surface area contributed by atoms with E-state index in [-0.39, 0.29) is 0 Å². The molecular weight excluding hydrogens is 192 g/mol. The number of fused-ring (bicyclic) bond motifs is 1. The number of unbranched alkanes of at least 4 members (excludes halogenated alkanes) is 1. The second-order valence-corrected chi connectivity index (χ2v) is 3.35. The number of hydrogen-bond acceptors (Lipinski definition) is 0. The largest absolute Gasteiger partial charge is 0.0683 e. The molecule has 0 heterocycles. The molecule has 16 heavy (non-hydrogen) atoms. The van der Waals surface area contributed by atoms with E-state index in [0.717, 1.165) is 0 Å². The lowest BCUT2D eigenvalue weighted by Crippen LogP contribution is -1.67. The van der Waals surface area contributed by atoms with Crippen LogP contribution in [0, 0.1) is 0 Å². The Morgan fingerprint density at radius 3 is 1.06 bits per heavy atom. The Balaban J connectivity index is 0.000000323. The summed E-state index contributed by atoms with van der Waals surface area (Å²) in [5, 5.41) is 2.62. The topological polar surface area (TPSA) is 0 Å². The highest BCUT2D eigenvalue weighted by molar-refractivity contribution is 5.81. The zero-order chi connectivity index (χ0) is 12.2. The summed E-state index contributed by atoms with van der Waals surface area (Å²) in [6.07, 6.45) is 2.64. The molecule has 0 aliphatic rings. The van der Waals surface area contributed by atoms with Crippen LogP contribution in [0.15, 0.2) is 48.5 Å². The zero-order valence-electron chi connectivity index (χ0n) is 11.0. The maximum atomic E-state index is 2.18. The van der Waals surface area contributed by atoms with Gasteiger partial charge in [-0.25, -0.2) is 0 Å². The van der Waals surface area contributed by atoms with Crippen molar-refractivity contribution in [1.82, 2.24) is 0 Å². The summed E-state index contributed by atoms with van der Waals surface area (Å²) in [4.78, 5) is 0. The van der Waals surface area contributed by atoms with Gasteiger partial charge in [-0.15, -0.1) is 0 Å². The van der Waals surface area contributed by atoms with Gasteiger partial charge in [0.25, 0.3) is 0 Å². The van der Waals surface area contributed by atoms with Gasteiger partial charge in [0.1, 0.15) is 0 Å². The van der Waals surface area contributed by atoms with E-state index in [1.165, 1.54) is 23.6 Å². The average molecular weight is 216 g/mol. The van der Waals surface area contributed by atoms with Gasteiger partial charge in [0.15, 0.2) is 0 Å². The molecule has 0 unspecified atom stereocenters. The van der Waals surface area contributed by atoms with Crippen molar-refractivity contribution in [3.63, 3.8) is 0 Å². The standard InChI is InChI=1S/C10H8.C4H10.C2H6/c1-2-6-10-8-4-3-7-9(10)5-1;1-3-4-2;1-2/h1-8H;3-4H2,1-2H3;1-2H3. The van der Waals surface area contributed by atoms with Crippen LogP contribution in [0.4, 0.5) is 0 Å². The van der Waals surface area contributed by atoms with Crippen molar-refractivity contribution < 1.29 is 0 Å². The molecule has 88 valence electrons. The third-order valence-electron chi connectivity index (χ3n) is 2.16. The van der Waals surface area contributed by atoms with E-state index in [4.69, 9.17) is 0 Å². The molecule has 0 amide bonds. The Morgan fingerprint density at radius 1 is 0.625 bits per heavy atom. The van der Waals surface area contributed by atoms with Gasteiger partial charge in [0.2, 0.25) is 0 Å². The van der Waals surface area contributed by atoms with E-state index in [1.54, 1.807) is 0 Å². The fraction of sp³-hybridized carbons (Fsp3) is 0.375. The van der Waals surface area contributed by atoms with Gasteiger partial charge in [-0.05, 0) is 10.8 Å². The Morgan fingerprint density at radius 2 is 0.875 bits per heavy atom. The number of rotatable bonds is 1. The molecule has 0 fully saturated rings. The first-order chi connectivity index (χ1) is 7.88. The first-order valence-electron chi connectivity index (χ1n) is 6.32. The van der Waals surface area contributed by atoms with Crippen LogP contribution in [-0.2, 0) is 0 Å². The van der Waals surface area contributed by atoms with Crippen molar-refractivity contribution in [3.8, 4) is 0 Å². The summed E-state index contributed by atoms with van der Waals surface area (Å²) in [6.45, 7) is 8.36. The summed E-state index contributed by atoms with van der Waals surface area (Å²) in [5.74, 6) is 0. The minimum absolute atomic E-state index is 1.31. The van der Waals surface area contributed by atoms with Crippen LogP contribution in [-0.4, -0.2) is 0 Å². The molecule has 0 aromatic heterocycles. The molecule has 2 aromatic rings. The van der Waals surface area contributed by atoms with E-state index >= 15 is 0 Å². The maximum absolute atomic E-state index is 2.18. The molecule has 0 aliphatic heterocycles. The van der Waals surface area contributed by atoms with Crippen molar-refractivity contribution in [2.24, 2.45) is 0 Å². The summed E-state index contributed by atoms with van der Waals surface area (Å²) in [5.41, 5.74) is 0. The van der Waals surface area contributed by atoms with Gasteiger partial charge in [-0.3, -0.25) is 0 Å². The quantitative estimate of drug-likeness (QED) is 0.576. The van der Waals surface area contributed by atoms with E-state index in [2.05, 4.69) is 62.4 Å². The highest BCUT2D eigenvalue weighted by Crippen LogP contribution is 2.11. The Labute approximate surface area is 100 Å². The molecule has 0 bridgehead atoms. The van der Waals surface area contributed by atoms with E-state index < -0.39 is 0 Å². The molecule has 0 heteroatoms. The lowest BCUT2D eigenvalue weighted by atomic mass is 10.1. The normalized spacial score (nSPS) is 8.50. The zero-order valence-corrected chi connectivity index (χ0v) is 11.0. The SMILES string of the molecule is CC.CCCC.c1ccc2ccccc2c1. The first-order valence-corrected chi connectivity index (χ1v) is 6.32. The molecule has 0 aliphatic carbocycles. The van der Waals surface area contributed by atoms with Crippen molar-refractivity contribution in [1.29, 1.82) is 0 Å². The lowest BCUT2D eigenvalue weighted by Gasteiger charge is -1.92. The van der Waals surface area contributed by atoms with Crippen molar-refractivity contribution in [2.75, 3.05) is 0 Å². The molecule has 0 spiro atoms. The highest BCUT2D eigenvalue weighted by Gasteiger charge is 1.85. The molecule has 0 saturated carbocycles. The molecule has 2 aromatic carbocycles. The van der Waals surface area contributed by atoms with Crippen LogP contribution in [0.1, 0.15) is 40.5 Å². The van der Waals surface area contributed by atoms with Crippen LogP contribution in [0.3, 0.4) is 0 Å². The maximum Gasteiger partial charge on any atom is -0.0184 e. The molecule has 0 N–H and O–H groups in total. The summed E-state index contributed by atoms with van der Waals surface area (Å²) in [7, 11) is 0. The fourth-order valence-electron chi connectivity index (χ4n) is 1.13. The molecule has 0 saturated heterocycles. The smallest absolute Gasteiger partial charge is 0.0184 e. The number of benzene rings is 2. The van der Waals surface area contributed by atoms with E-state index in [1.807, 2.05) is 13.8 Å². The average Bonchev–Trinajstić information content (AvgIpc) is 2.41. The number of hydrogen-bond donors (Lipinski definition) is 0. The first kappa shape index (κ1) is 14.7. The van der Waals surface area contributed by atoms with Crippen LogP contribution in [0.5, 0.6) is 0 Å². The van der Waals surface area contributed by atoms with Crippen LogP contribution < -0.4 is 0 Å². The Bertz CT molecular complexity index is 296. The minimum Gasteiger partial charge on any atom is -0.0683 e. The predicted octanol–water partition coefficient (Wildman–Crippen LogP) is 5.67. The lowest BCUT2D eigenvalue weighted by molar-refractivity contribution is 0.886. The van der Waals surface area contributed by atoms with Crippen molar-refractivity contribution in [3.05, 3.63) is 48.5 Å². The Kier molecular flexibility index (Phi) is 9.39. The minimum atomic E-state index is 1.31. The van der Waals surface area contributed by atoms with Gasteiger partial charge in [-0.1, -0.05) is 89.1 Å². The van der Waals surface area contributed by atoms with Crippen molar-refractivity contribution in [2.45, 2.75) is 40.5 Å². The molecular formula is C16H24. The van der Waals surface area contributed by atoms with Gasteiger partial charge in [0.05, 0.1) is 0 Å². The van der Waals surface area contributed by atoms with Crippen molar-refractivity contribution >= 4 is 10.8 Å². The highest BCUT2D eigenvalue weighted by atomic mass is 13.9. The van der Waals surface area contributed by atoms with Gasteiger partial charge < -0.3 is 0 Å². The van der Waals surface area contributed by atoms with Crippen LogP contribution >= 0.6 is 0 Å². The van der Waals surface area contributed by atoms with Crippen LogP contribution in [0.25, 0.3) is 10.8 Å². The van der Waals surface area contributed by atoms with Crippen LogP contribution in [0.2, 0.25) is 0 Å². The second-order valence-electron chi connectivity index (χ2n) is 3.35. The summed E-state index contributed by atoms with van der Waals surface area (Å²) < 4.78 is 0.